The molecule has 4 rings (SSSR count). The molecule has 1 aliphatic rings. The molecule has 1 aliphatic heterocycles. The fraction of sp³-hybridized carbons (Fsp3) is 0.150. The molecule has 7 nitrogen and oxygen atoms in total. The molecule has 3 N–H and O–H groups in total. The summed E-state index contributed by atoms with van der Waals surface area (Å²) in [7, 11) is 1.65. The molecule has 0 saturated heterocycles. The molecule has 1 aromatic heterocycles. The van der Waals surface area contributed by atoms with Crippen molar-refractivity contribution in [2.24, 2.45) is 9.98 Å². The Kier molecular flexibility index (Phi) is 4.67. The van der Waals surface area contributed by atoms with Crippen LogP contribution in [0.4, 0.5) is 11.6 Å². The summed E-state index contributed by atoms with van der Waals surface area (Å²) < 4.78 is 5.31. The van der Waals surface area contributed by atoms with Gasteiger partial charge < -0.3 is 20.1 Å². The lowest BCUT2D eigenvalue weighted by Crippen LogP contribution is -2.17. The maximum atomic E-state index is 10.2. The first-order chi connectivity index (χ1) is 13.2. The molecule has 3 aromatic rings. The van der Waals surface area contributed by atoms with Crippen molar-refractivity contribution < 1.29 is 9.84 Å². The van der Waals surface area contributed by atoms with Crippen molar-refractivity contribution in [3.63, 3.8) is 0 Å². The highest BCUT2D eigenvalue weighted by molar-refractivity contribution is 5.67. The van der Waals surface area contributed by atoms with Crippen LogP contribution in [0.1, 0.15) is 17.3 Å². The molecular formula is C20H19N5O2. The van der Waals surface area contributed by atoms with E-state index in [9.17, 15) is 5.11 Å². The number of benzene rings is 2. The first kappa shape index (κ1) is 17.0. The number of anilines is 1. The molecule has 7 heteroatoms. The highest BCUT2D eigenvalue weighted by Crippen LogP contribution is 2.22. The number of aromatic amines is 1. The number of rotatable bonds is 6. The average Bonchev–Trinajstić information content (AvgIpc) is 3.28. The summed E-state index contributed by atoms with van der Waals surface area (Å²) in [6.07, 6.45) is 3.35. The lowest BCUT2D eigenvalue weighted by molar-refractivity contribution is 0.186. The number of imidazole rings is 1. The van der Waals surface area contributed by atoms with E-state index in [-0.39, 0.29) is 11.9 Å². The van der Waals surface area contributed by atoms with Crippen LogP contribution in [0.3, 0.4) is 0 Å². The van der Waals surface area contributed by atoms with Gasteiger partial charge in [-0.05, 0) is 29.0 Å². The van der Waals surface area contributed by atoms with Gasteiger partial charge in [0.25, 0.3) is 0 Å². The summed E-state index contributed by atoms with van der Waals surface area (Å²) in [6.45, 7) is 0.469. The van der Waals surface area contributed by atoms with Gasteiger partial charge in [0.15, 0.2) is 0 Å². The number of aromatic nitrogens is 2. The quantitative estimate of drug-likeness (QED) is 0.626. The van der Waals surface area contributed by atoms with Crippen molar-refractivity contribution in [2.75, 3.05) is 19.0 Å². The Morgan fingerprint density at radius 1 is 1.22 bits per heavy atom. The molecule has 0 unspecified atom stereocenters. The van der Waals surface area contributed by atoms with Crippen LogP contribution in [-0.2, 0) is 4.74 Å². The van der Waals surface area contributed by atoms with Crippen LogP contribution in [0, 0.1) is 0 Å². The monoisotopic (exact) mass is 361 g/mol. The van der Waals surface area contributed by atoms with Crippen LogP contribution in [0.2, 0.25) is 0 Å². The highest BCUT2D eigenvalue weighted by Gasteiger charge is 2.14. The van der Waals surface area contributed by atoms with Crippen molar-refractivity contribution in [2.45, 2.75) is 6.04 Å². The summed E-state index contributed by atoms with van der Waals surface area (Å²) >= 11 is 0. The SMILES string of the molecule is COC[C@H](Nc1nc(O)c(/C=c2\ccc3c(c2)N=CN=3)[nH]1)c1ccccc1. The van der Waals surface area contributed by atoms with Gasteiger partial charge in [0.1, 0.15) is 12.0 Å². The topological polar surface area (TPSA) is 94.9 Å². The van der Waals surface area contributed by atoms with Crippen molar-refractivity contribution in [1.29, 1.82) is 0 Å². The Morgan fingerprint density at radius 2 is 2.07 bits per heavy atom. The van der Waals surface area contributed by atoms with Crippen LogP contribution in [0.5, 0.6) is 5.88 Å². The third-order valence-corrected chi connectivity index (χ3v) is 4.26. The summed E-state index contributed by atoms with van der Waals surface area (Å²) in [6, 6.07) is 15.6. The number of ether oxygens (including phenoxy) is 1. The van der Waals surface area contributed by atoms with Crippen LogP contribution < -0.4 is 15.9 Å². The van der Waals surface area contributed by atoms with Crippen molar-refractivity contribution >= 4 is 24.1 Å². The number of aromatic hydroxyl groups is 1. The number of aliphatic imine (C=N–C) groups is 1. The Labute approximate surface area is 155 Å². The minimum absolute atomic E-state index is 0.0737. The molecule has 2 heterocycles. The van der Waals surface area contributed by atoms with E-state index in [0.29, 0.717) is 18.2 Å². The van der Waals surface area contributed by atoms with E-state index in [4.69, 9.17) is 4.74 Å². The lowest BCUT2D eigenvalue weighted by Gasteiger charge is -2.17. The largest absolute Gasteiger partial charge is 0.492 e. The average molecular weight is 361 g/mol. The van der Waals surface area contributed by atoms with Gasteiger partial charge in [0.2, 0.25) is 11.8 Å². The fourth-order valence-corrected chi connectivity index (χ4v) is 2.95. The molecule has 27 heavy (non-hydrogen) atoms. The Morgan fingerprint density at radius 3 is 2.89 bits per heavy atom. The second-order valence-corrected chi connectivity index (χ2v) is 6.15. The van der Waals surface area contributed by atoms with Crippen LogP contribution in [0.15, 0.2) is 58.5 Å². The Bertz CT molecular complexity index is 1090. The number of nitrogens with zero attached hydrogens (tertiary/aromatic N) is 3. The van der Waals surface area contributed by atoms with E-state index < -0.39 is 0 Å². The van der Waals surface area contributed by atoms with E-state index in [0.717, 1.165) is 21.8 Å². The molecule has 2 aromatic carbocycles. The van der Waals surface area contributed by atoms with E-state index in [1.54, 1.807) is 7.11 Å². The molecule has 0 spiro atoms. The van der Waals surface area contributed by atoms with Gasteiger partial charge in [-0.25, -0.2) is 9.98 Å². The molecule has 1 atom stereocenters. The maximum Gasteiger partial charge on any atom is 0.238 e. The normalized spacial score (nSPS) is 14.0. The molecule has 136 valence electrons. The molecular weight excluding hydrogens is 342 g/mol. The smallest absolute Gasteiger partial charge is 0.238 e. The lowest BCUT2D eigenvalue weighted by atomic mass is 10.1. The predicted molar refractivity (Wildman–Crippen MR) is 104 cm³/mol. The van der Waals surface area contributed by atoms with Gasteiger partial charge in [-0.2, -0.15) is 4.98 Å². The van der Waals surface area contributed by atoms with Gasteiger partial charge in [-0.3, -0.25) is 0 Å². The van der Waals surface area contributed by atoms with Gasteiger partial charge in [-0.1, -0.05) is 36.4 Å². The third kappa shape index (κ3) is 3.73. The van der Waals surface area contributed by atoms with Gasteiger partial charge in [0.05, 0.1) is 23.7 Å². The Hall–Kier alpha value is -3.45. The zero-order chi connectivity index (χ0) is 18.6. The van der Waals surface area contributed by atoms with Crippen molar-refractivity contribution in [3.8, 4) is 5.88 Å². The molecule has 0 saturated carbocycles. The standard InChI is InChI=1S/C20H19N5O2/c1-27-11-18(14-5-3-2-4-6-14)24-20-23-17(19(26)25-20)10-13-7-8-15-16(9-13)22-12-21-15/h2-10,12,18,26H,11H2,1H3,(H2,23,24,25)/b13-10+/t18-/m0/s1. The van der Waals surface area contributed by atoms with Crippen molar-refractivity contribution in [1.82, 2.24) is 9.97 Å². The second-order valence-electron chi connectivity index (χ2n) is 6.15. The molecule has 0 aliphatic carbocycles. The van der Waals surface area contributed by atoms with Gasteiger partial charge in [-0.15, -0.1) is 0 Å². The maximum absolute atomic E-state index is 10.2. The summed E-state index contributed by atoms with van der Waals surface area (Å²) in [5.41, 5.74) is 2.40. The first-order valence-corrected chi connectivity index (χ1v) is 8.54. The predicted octanol–water partition coefficient (Wildman–Crippen LogP) is 2.04. The zero-order valence-electron chi connectivity index (χ0n) is 14.8. The summed E-state index contributed by atoms with van der Waals surface area (Å²) in [4.78, 5) is 15.6. The Balaban J connectivity index is 1.60. The first-order valence-electron chi connectivity index (χ1n) is 8.54. The zero-order valence-corrected chi connectivity index (χ0v) is 14.8. The summed E-state index contributed by atoms with van der Waals surface area (Å²) in [5.74, 6) is 0.397. The molecule has 0 radical (unpaired) electrons. The molecule has 0 bridgehead atoms. The minimum Gasteiger partial charge on any atom is -0.492 e. The van der Waals surface area contributed by atoms with Gasteiger partial charge in [0, 0.05) is 7.11 Å². The van der Waals surface area contributed by atoms with E-state index in [2.05, 4.69) is 25.3 Å². The van der Waals surface area contributed by atoms with Gasteiger partial charge >= 0.3 is 0 Å². The second kappa shape index (κ2) is 7.43. The number of nitrogens with one attached hydrogen (secondary N) is 2. The number of hydrogen-bond acceptors (Lipinski definition) is 6. The third-order valence-electron chi connectivity index (χ3n) is 4.26. The number of fused-ring (bicyclic) bond motifs is 1. The fourth-order valence-electron chi connectivity index (χ4n) is 2.95. The number of H-pyrrole nitrogens is 1. The van der Waals surface area contributed by atoms with E-state index in [1.165, 1.54) is 6.34 Å². The number of hydrogen-bond donors (Lipinski definition) is 3. The minimum atomic E-state index is -0.0921. The van der Waals surface area contributed by atoms with E-state index in [1.807, 2.05) is 54.6 Å². The van der Waals surface area contributed by atoms with Crippen LogP contribution in [0.25, 0.3) is 6.08 Å². The molecule has 0 amide bonds. The van der Waals surface area contributed by atoms with Crippen molar-refractivity contribution in [3.05, 3.63) is 70.4 Å². The summed E-state index contributed by atoms with van der Waals surface area (Å²) in [5, 5.41) is 15.2. The number of methoxy groups -OCH3 is 1. The van der Waals surface area contributed by atoms with E-state index >= 15 is 0 Å². The molecule has 0 fully saturated rings. The van der Waals surface area contributed by atoms with Crippen LogP contribution >= 0.6 is 0 Å². The van der Waals surface area contributed by atoms with Crippen LogP contribution in [-0.4, -0.2) is 35.1 Å². The highest BCUT2D eigenvalue weighted by atomic mass is 16.5.